The Bertz CT molecular complexity index is 1240. The lowest BCUT2D eigenvalue weighted by atomic mass is 9.88. The van der Waals surface area contributed by atoms with Crippen molar-refractivity contribution in [2.75, 3.05) is 53.6 Å². The Morgan fingerprint density at radius 2 is 1.81 bits per heavy atom. The molecule has 2 fully saturated rings. The molecule has 3 rings (SSSR count). The smallest absolute Gasteiger partial charge is 0.410 e. The van der Waals surface area contributed by atoms with Crippen molar-refractivity contribution in [3.05, 3.63) is 36.0 Å². The molecule has 0 aromatic rings. The van der Waals surface area contributed by atoms with E-state index in [0.717, 1.165) is 31.6 Å². The number of rotatable bonds is 14. The first-order valence-corrected chi connectivity index (χ1v) is 18.8. The number of methoxy groups -OCH3 is 2. The zero-order valence-corrected chi connectivity index (χ0v) is 32.7. The van der Waals surface area contributed by atoms with Crippen molar-refractivity contribution in [1.29, 1.82) is 0 Å². The van der Waals surface area contributed by atoms with Gasteiger partial charge in [0.05, 0.1) is 31.3 Å². The molecular weight excluding hydrogens is 672 g/mol. The molecule has 0 saturated carbocycles. The normalized spacial score (nSPS) is 32.5. The lowest BCUT2D eigenvalue weighted by Gasteiger charge is -2.35. The van der Waals surface area contributed by atoms with Crippen molar-refractivity contribution in [3.8, 4) is 0 Å². The highest BCUT2D eigenvalue weighted by Crippen LogP contribution is 2.39. The number of hydrogen-bond acceptors (Lipinski definition) is 12. The van der Waals surface area contributed by atoms with Gasteiger partial charge in [-0.15, -0.1) is 0 Å². The predicted molar refractivity (Wildman–Crippen MR) is 195 cm³/mol. The first kappa shape index (κ1) is 43.6. The third kappa shape index (κ3) is 12.9. The van der Waals surface area contributed by atoms with E-state index in [0.29, 0.717) is 19.7 Å². The molecule has 0 bridgehead atoms. The number of amides is 1. The van der Waals surface area contributed by atoms with Crippen LogP contribution in [0.5, 0.6) is 0 Å². The number of nitrogens with zero attached hydrogens (tertiary/aromatic N) is 2. The summed E-state index contributed by atoms with van der Waals surface area (Å²) < 4.78 is 34.6. The maximum atomic E-state index is 13.5. The summed E-state index contributed by atoms with van der Waals surface area (Å²) in [5.74, 6) is -1.58. The molecule has 0 radical (unpaired) electrons. The van der Waals surface area contributed by atoms with Crippen molar-refractivity contribution >= 4 is 18.0 Å². The molecule has 296 valence electrons. The second-order valence-corrected chi connectivity index (χ2v) is 14.9. The molecule has 0 aromatic heterocycles. The van der Waals surface area contributed by atoms with Gasteiger partial charge in [0.2, 0.25) is 0 Å². The number of ether oxygens (including phenoxy) is 6. The van der Waals surface area contributed by atoms with E-state index in [1.54, 1.807) is 38.2 Å². The third-order valence-electron chi connectivity index (χ3n) is 10.5. The number of piperazine rings is 1. The molecule has 2 saturated heterocycles. The van der Waals surface area contributed by atoms with Gasteiger partial charge in [0.1, 0.15) is 30.0 Å². The minimum atomic E-state index is -1.45. The molecular formula is C39H64N2O11. The number of aliphatic hydroxyl groups is 2. The van der Waals surface area contributed by atoms with Crippen LogP contribution in [0.2, 0.25) is 0 Å². The number of carbonyl (C=O) groups is 3. The van der Waals surface area contributed by atoms with E-state index in [-0.39, 0.29) is 61.4 Å². The Hall–Kier alpha value is -2.81. The van der Waals surface area contributed by atoms with Gasteiger partial charge in [0.25, 0.3) is 0 Å². The van der Waals surface area contributed by atoms with Crippen LogP contribution in [-0.2, 0) is 38.0 Å². The average Bonchev–Trinajstić information content (AvgIpc) is 3.90. The molecule has 11 atom stereocenters. The topological polar surface area (TPSA) is 157 Å². The van der Waals surface area contributed by atoms with Gasteiger partial charge < -0.3 is 43.5 Å². The average molecular weight is 737 g/mol. The Labute approximate surface area is 310 Å². The van der Waals surface area contributed by atoms with Gasteiger partial charge in [-0.1, -0.05) is 52.0 Å². The monoisotopic (exact) mass is 736 g/mol. The van der Waals surface area contributed by atoms with E-state index < -0.39 is 42.0 Å². The molecule has 3 aliphatic rings. The molecule has 0 aliphatic carbocycles. The predicted octanol–water partition coefficient (Wildman–Crippen LogP) is 4.05. The van der Waals surface area contributed by atoms with Crippen LogP contribution in [0.3, 0.4) is 0 Å². The largest absolute Gasteiger partial charge is 0.457 e. The molecule has 3 aliphatic heterocycles. The fourth-order valence-electron chi connectivity index (χ4n) is 7.04. The van der Waals surface area contributed by atoms with Crippen LogP contribution in [0.4, 0.5) is 4.79 Å². The van der Waals surface area contributed by atoms with Gasteiger partial charge in [-0.05, 0) is 44.8 Å². The molecule has 2 N–H and O–H groups in total. The Morgan fingerprint density at radius 3 is 2.42 bits per heavy atom. The SMILES string of the molecule is CCC(OC)C(C)C1OC1C(OC(=O)N1CCN(CCOC)CC1)C(C)/C=C/C=C(\C)C1OC(=O)CC(O)CCC(C)(O)C(OC(C)=O)/C=C/C1C. The van der Waals surface area contributed by atoms with E-state index in [1.165, 1.54) is 6.92 Å². The quantitative estimate of drug-likeness (QED) is 0.0869. The summed E-state index contributed by atoms with van der Waals surface area (Å²) in [6, 6.07) is 0. The van der Waals surface area contributed by atoms with Gasteiger partial charge in [0, 0.05) is 71.6 Å². The zero-order valence-electron chi connectivity index (χ0n) is 32.7. The fraction of sp³-hybridized carbons (Fsp3) is 0.769. The maximum Gasteiger partial charge on any atom is 0.410 e. The zero-order chi connectivity index (χ0) is 38.6. The van der Waals surface area contributed by atoms with E-state index in [4.69, 9.17) is 28.4 Å². The van der Waals surface area contributed by atoms with Crippen molar-refractivity contribution < 1.29 is 53.0 Å². The van der Waals surface area contributed by atoms with E-state index in [2.05, 4.69) is 18.7 Å². The van der Waals surface area contributed by atoms with E-state index in [1.807, 2.05) is 39.0 Å². The van der Waals surface area contributed by atoms with Crippen molar-refractivity contribution in [2.24, 2.45) is 17.8 Å². The minimum absolute atomic E-state index is 0.0178. The second kappa shape index (κ2) is 20.6. The highest BCUT2D eigenvalue weighted by Gasteiger charge is 2.53. The Balaban J connectivity index is 1.80. The second-order valence-electron chi connectivity index (χ2n) is 14.9. The summed E-state index contributed by atoms with van der Waals surface area (Å²) >= 11 is 0. The van der Waals surface area contributed by atoms with Gasteiger partial charge in [-0.25, -0.2) is 4.79 Å². The lowest BCUT2D eigenvalue weighted by Crippen LogP contribution is -2.50. The summed E-state index contributed by atoms with van der Waals surface area (Å²) in [7, 11) is 3.38. The first-order chi connectivity index (χ1) is 24.6. The highest BCUT2D eigenvalue weighted by molar-refractivity contribution is 5.70. The molecule has 0 spiro atoms. The maximum absolute atomic E-state index is 13.5. The van der Waals surface area contributed by atoms with Crippen molar-refractivity contribution in [1.82, 2.24) is 9.80 Å². The Morgan fingerprint density at radius 1 is 1.12 bits per heavy atom. The molecule has 3 heterocycles. The van der Waals surface area contributed by atoms with Crippen LogP contribution in [0.25, 0.3) is 0 Å². The molecule has 11 unspecified atom stereocenters. The summed E-state index contributed by atoms with van der Waals surface area (Å²) in [6.07, 6.45) is 5.91. The number of cyclic esters (lactones) is 1. The van der Waals surface area contributed by atoms with Crippen LogP contribution in [0, 0.1) is 17.8 Å². The van der Waals surface area contributed by atoms with Crippen LogP contribution < -0.4 is 0 Å². The van der Waals surface area contributed by atoms with E-state index in [9.17, 15) is 24.6 Å². The fourth-order valence-corrected chi connectivity index (χ4v) is 7.04. The summed E-state index contributed by atoms with van der Waals surface area (Å²) in [4.78, 5) is 42.2. The third-order valence-corrected chi connectivity index (χ3v) is 10.5. The van der Waals surface area contributed by atoms with Gasteiger partial charge in [-0.3, -0.25) is 14.5 Å². The number of hydrogen-bond donors (Lipinski definition) is 2. The van der Waals surface area contributed by atoms with Gasteiger partial charge in [-0.2, -0.15) is 0 Å². The van der Waals surface area contributed by atoms with Gasteiger partial charge >= 0.3 is 18.0 Å². The number of allylic oxidation sites excluding steroid dienone is 2. The number of esters is 2. The molecule has 0 aromatic carbocycles. The standard InChI is InChI=1S/C39H64N2O11/c1-10-31(48-9)28(5)36-37(51-36)35(52-38(45)41-20-18-40(19-21-41)22-23-47-8)26(3)13-11-12-25(2)34-27(4)14-15-32(49-29(6)42)39(7,46)17-16-30(43)24-33(44)50-34/h11-15,26-28,30-32,34-37,43,46H,10,16-24H2,1-9H3/b13-11+,15-14+,25-12+. The molecule has 1 amide bonds. The molecule has 52 heavy (non-hydrogen) atoms. The Kier molecular flexibility index (Phi) is 17.3. The summed E-state index contributed by atoms with van der Waals surface area (Å²) in [6.45, 7) is 16.8. The number of epoxide rings is 1. The summed E-state index contributed by atoms with van der Waals surface area (Å²) in [5, 5.41) is 21.6. The highest BCUT2D eigenvalue weighted by atomic mass is 16.6. The number of carbonyl (C=O) groups excluding carboxylic acids is 3. The van der Waals surface area contributed by atoms with Crippen LogP contribution >= 0.6 is 0 Å². The minimum Gasteiger partial charge on any atom is -0.457 e. The summed E-state index contributed by atoms with van der Waals surface area (Å²) in [5.41, 5.74) is -0.719. The van der Waals surface area contributed by atoms with Crippen LogP contribution in [0.15, 0.2) is 36.0 Å². The van der Waals surface area contributed by atoms with E-state index >= 15 is 0 Å². The molecule has 13 nitrogen and oxygen atoms in total. The van der Waals surface area contributed by atoms with Crippen LogP contribution in [-0.4, -0.2) is 140 Å². The van der Waals surface area contributed by atoms with Crippen molar-refractivity contribution in [2.45, 2.75) is 122 Å². The van der Waals surface area contributed by atoms with Crippen molar-refractivity contribution in [3.63, 3.8) is 0 Å². The lowest BCUT2D eigenvalue weighted by molar-refractivity contribution is -0.157. The number of aliphatic hydroxyl groups excluding tert-OH is 1. The van der Waals surface area contributed by atoms with Gasteiger partial charge in [0.15, 0.2) is 0 Å². The van der Waals surface area contributed by atoms with Crippen LogP contribution in [0.1, 0.15) is 74.1 Å². The molecule has 13 heteroatoms. The first-order valence-electron chi connectivity index (χ1n) is 18.8.